The van der Waals surface area contributed by atoms with Gasteiger partial charge < -0.3 is 15.8 Å². The molecule has 9 heteroatoms. The number of primary amides is 1. The lowest BCUT2D eigenvalue weighted by Gasteiger charge is -2.08. The number of hydrogen-bond donors (Lipinski definition) is 3. The topological polar surface area (TPSA) is 123 Å². The molecular formula is C19H19ClN4O4. The number of aryl methyl sites for hydroxylation is 1. The van der Waals surface area contributed by atoms with Crippen molar-refractivity contribution in [2.75, 3.05) is 11.9 Å². The number of ether oxygens (including phenoxy) is 1. The summed E-state index contributed by atoms with van der Waals surface area (Å²) >= 11 is 6.03. The highest BCUT2D eigenvalue weighted by Crippen LogP contribution is 2.24. The van der Waals surface area contributed by atoms with Crippen LogP contribution >= 0.6 is 11.6 Å². The van der Waals surface area contributed by atoms with Crippen molar-refractivity contribution in [2.45, 2.75) is 13.3 Å². The van der Waals surface area contributed by atoms with Crippen LogP contribution in [0.4, 0.5) is 5.69 Å². The van der Waals surface area contributed by atoms with Gasteiger partial charge in [0.25, 0.3) is 5.91 Å². The lowest BCUT2D eigenvalue weighted by molar-refractivity contribution is -0.136. The van der Waals surface area contributed by atoms with Gasteiger partial charge in [-0.1, -0.05) is 36.7 Å². The van der Waals surface area contributed by atoms with Crippen LogP contribution in [0.2, 0.25) is 5.02 Å². The van der Waals surface area contributed by atoms with E-state index in [0.29, 0.717) is 11.3 Å². The Morgan fingerprint density at radius 1 is 1.18 bits per heavy atom. The molecule has 0 fully saturated rings. The Labute approximate surface area is 166 Å². The Kier molecular flexibility index (Phi) is 7.53. The number of nitrogens with two attached hydrogens (primary N) is 1. The molecule has 0 saturated heterocycles. The summed E-state index contributed by atoms with van der Waals surface area (Å²) in [7, 11) is 0. The first-order valence-corrected chi connectivity index (χ1v) is 8.71. The van der Waals surface area contributed by atoms with Crippen molar-refractivity contribution in [3.63, 3.8) is 0 Å². The van der Waals surface area contributed by atoms with Gasteiger partial charge >= 0.3 is 11.8 Å². The molecule has 8 nitrogen and oxygen atoms in total. The Morgan fingerprint density at radius 2 is 1.93 bits per heavy atom. The molecule has 2 aromatic carbocycles. The predicted molar refractivity (Wildman–Crippen MR) is 106 cm³/mol. The summed E-state index contributed by atoms with van der Waals surface area (Å²) < 4.78 is 5.13. The van der Waals surface area contributed by atoms with Crippen LogP contribution in [0.15, 0.2) is 47.6 Å². The lowest BCUT2D eigenvalue weighted by Crippen LogP contribution is -2.32. The van der Waals surface area contributed by atoms with E-state index in [0.717, 1.165) is 12.0 Å². The highest BCUT2D eigenvalue weighted by Gasteiger charge is 2.14. The predicted octanol–water partition coefficient (Wildman–Crippen LogP) is 1.86. The summed E-state index contributed by atoms with van der Waals surface area (Å²) in [6.07, 6.45) is 2.03. The molecule has 2 rings (SSSR count). The zero-order chi connectivity index (χ0) is 20.5. The van der Waals surface area contributed by atoms with Gasteiger partial charge in [0.1, 0.15) is 5.75 Å². The number of amides is 3. The maximum atomic E-state index is 12.0. The molecule has 3 amide bonds. The maximum Gasteiger partial charge on any atom is 0.329 e. The van der Waals surface area contributed by atoms with Crippen molar-refractivity contribution in [2.24, 2.45) is 10.8 Å². The van der Waals surface area contributed by atoms with Crippen LogP contribution in [0.1, 0.15) is 18.1 Å². The van der Waals surface area contributed by atoms with E-state index < -0.39 is 17.7 Å². The average Bonchev–Trinajstić information content (AvgIpc) is 2.67. The zero-order valence-electron chi connectivity index (χ0n) is 15.1. The molecule has 0 aliphatic heterocycles. The molecular weight excluding hydrogens is 384 g/mol. The van der Waals surface area contributed by atoms with E-state index in [4.69, 9.17) is 22.1 Å². The van der Waals surface area contributed by atoms with Crippen LogP contribution < -0.4 is 21.2 Å². The van der Waals surface area contributed by atoms with Crippen LogP contribution in [-0.2, 0) is 20.8 Å². The van der Waals surface area contributed by atoms with Gasteiger partial charge in [0.05, 0.1) is 11.2 Å². The van der Waals surface area contributed by atoms with Crippen molar-refractivity contribution in [3.8, 4) is 5.75 Å². The van der Waals surface area contributed by atoms with E-state index in [1.807, 2.05) is 19.1 Å². The molecule has 0 aromatic heterocycles. The Bertz CT molecular complexity index is 915. The van der Waals surface area contributed by atoms with E-state index in [1.54, 1.807) is 18.2 Å². The molecule has 0 heterocycles. The second kappa shape index (κ2) is 10.1. The Morgan fingerprint density at radius 3 is 2.61 bits per heavy atom. The van der Waals surface area contributed by atoms with Crippen molar-refractivity contribution >= 4 is 41.2 Å². The van der Waals surface area contributed by atoms with Crippen LogP contribution in [0.25, 0.3) is 0 Å². The number of nitrogens with zero attached hydrogens (tertiary/aromatic N) is 1. The molecule has 146 valence electrons. The summed E-state index contributed by atoms with van der Waals surface area (Å²) in [6, 6.07) is 11.9. The maximum absolute atomic E-state index is 12.0. The van der Waals surface area contributed by atoms with E-state index in [1.165, 1.54) is 18.3 Å². The average molecular weight is 403 g/mol. The van der Waals surface area contributed by atoms with Crippen LogP contribution in [0.5, 0.6) is 5.75 Å². The molecule has 4 N–H and O–H groups in total. The fraction of sp³-hybridized carbons (Fsp3) is 0.158. The van der Waals surface area contributed by atoms with Crippen molar-refractivity contribution in [3.05, 3.63) is 58.6 Å². The summed E-state index contributed by atoms with van der Waals surface area (Å²) in [5.41, 5.74) is 9.19. The first-order valence-electron chi connectivity index (χ1n) is 8.33. The minimum absolute atomic E-state index is 0.241. The van der Waals surface area contributed by atoms with Gasteiger partial charge in [0.15, 0.2) is 6.61 Å². The number of hydrogen-bond acceptors (Lipinski definition) is 5. The van der Waals surface area contributed by atoms with Gasteiger partial charge in [-0.05, 0) is 41.8 Å². The normalized spacial score (nSPS) is 10.5. The summed E-state index contributed by atoms with van der Waals surface area (Å²) in [5.74, 6) is -2.07. The smallest absolute Gasteiger partial charge is 0.329 e. The number of hydrazone groups is 1. The molecule has 0 aliphatic carbocycles. The molecule has 0 saturated carbocycles. The fourth-order valence-corrected chi connectivity index (χ4v) is 2.45. The van der Waals surface area contributed by atoms with Gasteiger partial charge in [-0.2, -0.15) is 5.10 Å². The third kappa shape index (κ3) is 6.10. The van der Waals surface area contributed by atoms with Gasteiger partial charge in [-0.3, -0.25) is 14.4 Å². The summed E-state index contributed by atoms with van der Waals surface area (Å²) in [5, 5.41) is 6.52. The molecule has 28 heavy (non-hydrogen) atoms. The molecule has 0 spiro atoms. The number of para-hydroxylation sites is 1. The number of nitrogens with one attached hydrogen (secondary N) is 2. The van der Waals surface area contributed by atoms with Gasteiger partial charge in [0, 0.05) is 5.69 Å². The minimum atomic E-state index is -0.908. The van der Waals surface area contributed by atoms with Crippen LogP contribution in [-0.4, -0.2) is 30.5 Å². The molecule has 0 bridgehead atoms. The largest absolute Gasteiger partial charge is 0.482 e. The second-order valence-corrected chi connectivity index (χ2v) is 6.02. The fourth-order valence-electron chi connectivity index (χ4n) is 2.21. The quantitative estimate of drug-likeness (QED) is 0.371. The van der Waals surface area contributed by atoms with Gasteiger partial charge in [0.2, 0.25) is 0 Å². The third-order valence-corrected chi connectivity index (χ3v) is 3.85. The van der Waals surface area contributed by atoms with Crippen molar-refractivity contribution in [1.29, 1.82) is 0 Å². The van der Waals surface area contributed by atoms with Crippen molar-refractivity contribution < 1.29 is 19.1 Å². The highest BCUT2D eigenvalue weighted by atomic mass is 35.5. The molecule has 0 aliphatic rings. The van der Waals surface area contributed by atoms with Crippen molar-refractivity contribution in [1.82, 2.24) is 5.43 Å². The van der Waals surface area contributed by atoms with E-state index in [9.17, 15) is 14.4 Å². The number of rotatable bonds is 7. The first kappa shape index (κ1) is 20.9. The third-order valence-electron chi connectivity index (χ3n) is 3.56. The number of anilines is 1. The molecule has 0 atom stereocenters. The SMILES string of the molecule is CCc1ccccc1NC(=O)C(=O)N/N=C\c1ccc(OCC(N)=O)c(Cl)c1. The molecule has 0 radical (unpaired) electrons. The first-order chi connectivity index (χ1) is 13.4. The molecule has 2 aromatic rings. The Hall–Kier alpha value is -3.39. The zero-order valence-corrected chi connectivity index (χ0v) is 15.8. The van der Waals surface area contributed by atoms with Gasteiger partial charge in [-0.25, -0.2) is 5.43 Å². The number of carbonyl (C=O) groups is 3. The molecule has 0 unspecified atom stereocenters. The monoisotopic (exact) mass is 402 g/mol. The highest BCUT2D eigenvalue weighted by molar-refractivity contribution is 6.39. The standard InChI is InChI=1S/C19H19ClN4O4/c1-2-13-5-3-4-6-15(13)23-18(26)19(27)24-22-10-12-7-8-16(14(20)9-12)28-11-17(21)25/h3-10H,2,11H2,1H3,(H2,21,25)(H,23,26)(H,24,27)/b22-10-. The van der Waals surface area contributed by atoms with Crippen LogP contribution in [0, 0.1) is 0 Å². The van der Waals surface area contributed by atoms with Crippen LogP contribution in [0.3, 0.4) is 0 Å². The minimum Gasteiger partial charge on any atom is -0.482 e. The number of carbonyl (C=O) groups excluding carboxylic acids is 3. The van der Waals surface area contributed by atoms with Gasteiger partial charge in [-0.15, -0.1) is 0 Å². The number of benzene rings is 2. The lowest BCUT2D eigenvalue weighted by atomic mass is 10.1. The summed E-state index contributed by atoms with van der Waals surface area (Å²) in [6.45, 7) is 1.66. The Balaban J connectivity index is 1.92. The second-order valence-electron chi connectivity index (χ2n) is 5.61. The number of halogens is 1. The summed E-state index contributed by atoms with van der Waals surface area (Å²) in [4.78, 5) is 34.6. The van der Waals surface area contributed by atoms with E-state index in [-0.39, 0.29) is 17.4 Å². The van der Waals surface area contributed by atoms with E-state index >= 15 is 0 Å². The van der Waals surface area contributed by atoms with E-state index in [2.05, 4.69) is 15.8 Å².